The highest BCUT2D eigenvalue weighted by Crippen LogP contribution is 2.21. The highest BCUT2D eigenvalue weighted by molar-refractivity contribution is 5.96. The number of carbonyl (C=O) groups excluding carboxylic acids is 1. The Balaban J connectivity index is 1.96. The third kappa shape index (κ3) is 3.87. The van der Waals surface area contributed by atoms with Crippen molar-refractivity contribution in [2.24, 2.45) is 5.92 Å². The van der Waals surface area contributed by atoms with Crippen LogP contribution >= 0.6 is 0 Å². The molecule has 0 radical (unpaired) electrons. The summed E-state index contributed by atoms with van der Waals surface area (Å²) in [5.74, 6) is 0.272. The van der Waals surface area contributed by atoms with Crippen LogP contribution in [0.2, 0.25) is 0 Å². The number of benzene rings is 1. The largest absolute Gasteiger partial charge is 0.462 e. The van der Waals surface area contributed by atoms with Crippen molar-refractivity contribution in [1.82, 2.24) is 0 Å². The van der Waals surface area contributed by atoms with E-state index in [4.69, 9.17) is 15.2 Å². The molecule has 1 atom stereocenters. The predicted octanol–water partition coefficient (Wildman–Crippen LogP) is 2.28. The zero-order chi connectivity index (χ0) is 14.4. The normalized spacial score (nSPS) is 17.9. The van der Waals surface area contributed by atoms with Crippen LogP contribution in [0, 0.1) is 5.92 Å². The van der Waals surface area contributed by atoms with Gasteiger partial charge in [-0.2, -0.15) is 0 Å². The maximum absolute atomic E-state index is 11.9. The third-order valence-corrected chi connectivity index (χ3v) is 3.43. The molecule has 1 aliphatic heterocycles. The van der Waals surface area contributed by atoms with E-state index >= 15 is 0 Å². The molecular formula is C15H22N2O3. The number of nitrogens with two attached hydrogens (primary N) is 1. The molecule has 0 aliphatic carbocycles. The lowest BCUT2D eigenvalue weighted by Gasteiger charge is -2.13. The van der Waals surface area contributed by atoms with Crippen molar-refractivity contribution in [2.75, 3.05) is 37.4 Å². The van der Waals surface area contributed by atoms with Gasteiger partial charge in [-0.3, -0.25) is 0 Å². The fraction of sp³-hybridized carbons (Fsp3) is 0.533. The molecule has 5 nitrogen and oxygen atoms in total. The monoisotopic (exact) mass is 278 g/mol. The molecule has 1 unspecified atom stereocenters. The molecule has 2 rings (SSSR count). The van der Waals surface area contributed by atoms with Crippen molar-refractivity contribution in [3.8, 4) is 0 Å². The van der Waals surface area contributed by atoms with Crippen molar-refractivity contribution in [3.63, 3.8) is 0 Å². The van der Waals surface area contributed by atoms with Crippen LogP contribution in [0.3, 0.4) is 0 Å². The first kappa shape index (κ1) is 14.7. The number of nitrogens with one attached hydrogen (secondary N) is 1. The van der Waals surface area contributed by atoms with E-state index in [1.165, 1.54) is 0 Å². The van der Waals surface area contributed by atoms with Gasteiger partial charge in [0.1, 0.15) is 0 Å². The molecule has 1 fully saturated rings. The Morgan fingerprint density at radius 2 is 2.40 bits per heavy atom. The number of ether oxygens (including phenoxy) is 2. The Morgan fingerprint density at radius 3 is 3.10 bits per heavy atom. The summed E-state index contributed by atoms with van der Waals surface area (Å²) < 4.78 is 10.4. The molecule has 0 amide bonds. The Bertz CT molecular complexity index is 456. The van der Waals surface area contributed by atoms with Crippen LogP contribution in [0.25, 0.3) is 0 Å². The summed E-state index contributed by atoms with van der Waals surface area (Å²) >= 11 is 0. The quantitative estimate of drug-likeness (QED) is 0.617. The van der Waals surface area contributed by atoms with Gasteiger partial charge in [0.25, 0.3) is 0 Å². The van der Waals surface area contributed by atoms with Gasteiger partial charge in [-0.25, -0.2) is 4.79 Å². The topological polar surface area (TPSA) is 73.6 Å². The summed E-state index contributed by atoms with van der Waals surface area (Å²) in [6.45, 7) is 4.66. The van der Waals surface area contributed by atoms with E-state index in [0.29, 0.717) is 23.8 Å². The first-order valence-electron chi connectivity index (χ1n) is 7.09. The van der Waals surface area contributed by atoms with Gasteiger partial charge in [-0.15, -0.1) is 0 Å². The van der Waals surface area contributed by atoms with Crippen LogP contribution in [0.5, 0.6) is 0 Å². The average molecular weight is 278 g/mol. The molecule has 0 saturated carbocycles. The van der Waals surface area contributed by atoms with Gasteiger partial charge in [-0.1, -0.05) is 0 Å². The number of rotatable bonds is 6. The van der Waals surface area contributed by atoms with Gasteiger partial charge in [0.05, 0.1) is 12.2 Å². The predicted molar refractivity (Wildman–Crippen MR) is 78.8 cm³/mol. The summed E-state index contributed by atoms with van der Waals surface area (Å²) in [4.78, 5) is 11.9. The van der Waals surface area contributed by atoms with Gasteiger partial charge in [-0.05, 0) is 43.9 Å². The third-order valence-electron chi connectivity index (χ3n) is 3.43. The SMILES string of the molecule is CCOC(=O)c1cc(N)ccc1NCCC1CCOC1. The van der Waals surface area contributed by atoms with Crippen LogP contribution < -0.4 is 11.1 Å². The zero-order valence-corrected chi connectivity index (χ0v) is 11.9. The van der Waals surface area contributed by atoms with Crippen LogP contribution in [0.4, 0.5) is 11.4 Å². The molecule has 1 heterocycles. The van der Waals surface area contributed by atoms with Crippen molar-refractivity contribution in [3.05, 3.63) is 23.8 Å². The molecule has 0 bridgehead atoms. The molecular weight excluding hydrogens is 256 g/mol. The first-order valence-corrected chi connectivity index (χ1v) is 7.09. The Morgan fingerprint density at radius 1 is 1.55 bits per heavy atom. The van der Waals surface area contributed by atoms with Crippen molar-refractivity contribution < 1.29 is 14.3 Å². The highest BCUT2D eigenvalue weighted by Gasteiger charge is 2.16. The molecule has 0 aromatic heterocycles. The minimum Gasteiger partial charge on any atom is -0.462 e. The molecule has 20 heavy (non-hydrogen) atoms. The van der Waals surface area contributed by atoms with Crippen LogP contribution in [0.1, 0.15) is 30.1 Å². The van der Waals surface area contributed by atoms with E-state index in [0.717, 1.165) is 38.3 Å². The number of carbonyl (C=O) groups is 1. The van der Waals surface area contributed by atoms with Crippen LogP contribution in [-0.4, -0.2) is 32.3 Å². The Labute approximate surface area is 119 Å². The van der Waals surface area contributed by atoms with E-state index in [-0.39, 0.29) is 5.97 Å². The summed E-state index contributed by atoms with van der Waals surface area (Å²) in [7, 11) is 0. The van der Waals surface area contributed by atoms with E-state index in [1.807, 2.05) is 6.07 Å². The van der Waals surface area contributed by atoms with Gasteiger partial charge >= 0.3 is 5.97 Å². The summed E-state index contributed by atoms with van der Waals surface area (Å²) in [6.07, 6.45) is 2.15. The van der Waals surface area contributed by atoms with Gasteiger partial charge < -0.3 is 20.5 Å². The van der Waals surface area contributed by atoms with Crippen molar-refractivity contribution >= 4 is 17.3 Å². The summed E-state index contributed by atoms with van der Waals surface area (Å²) in [5, 5.41) is 3.29. The lowest BCUT2D eigenvalue weighted by molar-refractivity contribution is 0.0527. The zero-order valence-electron chi connectivity index (χ0n) is 11.9. The van der Waals surface area contributed by atoms with Crippen LogP contribution in [0.15, 0.2) is 18.2 Å². The van der Waals surface area contributed by atoms with E-state index < -0.39 is 0 Å². The fourth-order valence-corrected chi connectivity index (χ4v) is 2.32. The fourth-order valence-electron chi connectivity index (χ4n) is 2.32. The van der Waals surface area contributed by atoms with E-state index in [1.54, 1.807) is 19.1 Å². The van der Waals surface area contributed by atoms with Crippen molar-refractivity contribution in [2.45, 2.75) is 19.8 Å². The smallest absolute Gasteiger partial charge is 0.340 e. The number of nitrogen functional groups attached to an aromatic ring is 1. The second-order valence-corrected chi connectivity index (χ2v) is 4.97. The molecule has 110 valence electrons. The standard InChI is InChI=1S/C15H22N2O3/c1-2-20-15(18)13-9-12(16)3-4-14(13)17-7-5-11-6-8-19-10-11/h3-4,9,11,17H,2,5-8,10,16H2,1H3. The first-order chi connectivity index (χ1) is 9.70. The van der Waals surface area contributed by atoms with Crippen LogP contribution in [-0.2, 0) is 9.47 Å². The minimum atomic E-state index is -0.341. The Kier molecular flexibility index (Phi) is 5.24. The lowest BCUT2D eigenvalue weighted by atomic mass is 10.1. The van der Waals surface area contributed by atoms with Gasteiger partial charge in [0.2, 0.25) is 0 Å². The summed E-state index contributed by atoms with van der Waals surface area (Å²) in [5.41, 5.74) is 7.57. The maximum atomic E-state index is 11.9. The lowest BCUT2D eigenvalue weighted by Crippen LogP contribution is -2.13. The minimum absolute atomic E-state index is 0.341. The second-order valence-electron chi connectivity index (χ2n) is 4.97. The number of hydrogen-bond donors (Lipinski definition) is 2. The summed E-state index contributed by atoms with van der Waals surface area (Å²) in [6, 6.07) is 5.26. The Hall–Kier alpha value is -1.75. The van der Waals surface area contributed by atoms with Gasteiger partial charge in [0.15, 0.2) is 0 Å². The molecule has 0 spiro atoms. The van der Waals surface area contributed by atoms with Crippen molar-refractivity contribution in [1.29, 1.82) is 0 Å². The maximum Gasteiger partial charge on any atom is 0.340 e. The molecule has 5 heteroatoms. The van der Waals surface area contributed by atoms with E-state index in [9.17, 15) is 4.79 Å². The molecule has 1 aromatic carbocycles. The van der Waals surface area contributed by atoms with E-state index in [2.05, 4.69) is 5.32 Å². The molecule has 1 aliphatic rings. The van der Waals surface area contributed by atoms with Gasteiger partial charge in [0, 0.05) is 31.1 Å². The average Bonchev–Trinajstić information content (AvgIpc) is 2.94. The highest BCUT2D eigenvalue weighted by atomic mass is 16.5. The number of hydrogen-bond acceptors (Lipinski definition) is 5. The molecule has 1 aromatic rings. The number of esters is 1. The molecule has 1 saturated heterocycles. The molecule has 3 N–H and O–H groups in total. The second kappa shape index (κ2) is 7.14. The number of anilines is 2.